The molecule has 2 saturated heterocycles. The minimum Gasteiger partial charge on any atom is -0.381 e. The Balaban J connectivity index is 0.00000256. The molecule has 1 aromatic heterocycles. The number of thiazole rings is 1. The molecule has 0 radical (unpaired) electrons. The molecule has 1 aromatic carbocycles. The number of nitrogens with zero attached hydrogens (tertiary/aromatic N) is 4. The highest BCUT2D eigenvalue weighted by molar-refractivity contribution is 14.0. The van der Waals surface area contributed by atoms with Crippen LogP contribution in [0.25, 0.3) is 0 Å². The highest BCUT2D eigenvalue weighted by Crippen LogP contribution is 2.19. The van der Waals surface area contributed by atoms with Gasteiger partial charge in [-0.2, -0.15) is 0 Å². The van der Waals surface area contributed by atoms with E-state index in [1.165, 1.54) is 5.56 Å². The van der Waals surface area contributed by atoms with Gasteiger partial charge in [-0.3, -0.25) is 0 Å². The molecule has 9 heteroatoms. The fourth-order valence-electron chi connectivity index (χ4n) is 3.65. The smallest absolute Gasteiger partial charge is 0.191 e. The maximum atomic E-state index is 6.26. The monoisotopic (exact) mass is 543 g/mol. The second-order valence-corrected chi connectivity index (χ2v) is 8.28. The quantitative estimate of drug-likeness (QED) is 0.343. The largest absolute Gasteiger partial charge is 0.381 e. The Bertz CT molecular complexity index is 790. The van der Waals surface area contributed by atoms with Crippen molar-refractivity contribution in [1.82, 2.24) is 9.88 Å². The molecule has 2 N–H and O–H groups in total. The first kappa shape index (κ1) is 23.2. The van der Waals surface area contributed by atoms with Crippen LogP contribution in [0.4, 0.5) is 5.13 Å². The average Bonchev–Trinajstić information content (AvgIpc) is 3.32. The molecule has 0 saturated carbocycles. The van der Waals surface area contributed by atoms with Crippen LogP contribution in [0, 0.1) is 0 Å². The van der Waals surface area contributed by atoms with Crippen molar-refractivity contribution in [1.29, 1.82) is 0 Å². The van der Waals surface area contributed by atoms with E-state index in [0.29, 0.717) is 25.2 Å². The van der Waals surface area contributed by atoms with Crippen LogP contribution in [-0.4, -0.2) is 61.3 Å². The van der Waals surface area contributed by atoms with Crippen molar-refractivity contribution in [2.45, 2.75) is 32.1 Å². The number of piperazine rings is 1. The van der Waals surface area contributed by atoms with Crippen molar-refractivity contribution < 1.29 is 9.47 Å². The van der Waals surface area contributed by atoms with Crippen molar-refractivity contribution in [2.24, 2.45) is 10.7 Å². The standard InChI is InChI=1S/C21H29N5O2S.HI/c22-20(25-7-9-26(10-8-25)21-23-6-13-29-21)24-15-17-2-1-3-18(14-17)16-28-19-4-11-27-12-5-19;/h1-3,6,13-14,19H,4-5,7-12,15-16H2,(H2,22,24);1H. The van der Waals surface area contributed by atoms with Gasteiger partial charge < -0.3 is 25.0 Å². The highest BCUT2D eigenvalue weighted by Gasteiger charge is 2.19. The third-order valence-corrected chi connectivity index (χ3v) is 6.19. The van der Waals surface area contributed by atoms with Crippen molar-refractivity contribution >= 4 is 46.4 Å². The van der Waals surface area contributed by atoms with Gasteiger partial charge in [-0.1, -0.05) is 24.3 Å². The summed E-state index contributed by atoms with van der Waals surface area (Å²) in [7, 11) is 0. The number of aromatic nitrogens is 1. The lowest BCUT2D eigenvalue weighted by Gasteiger charge is -2.35. The first-order chi connectivity index (χ1) is 14.3. The summed E-state index contributed by atoms with van der Waals surface area (Å²) in [6.45, 7) is 6.40. The molecular formula is C21H30IN5O2S. The van der Waals surface area contributed by atoms with Crippen LogP contribution in [-0.2, 0) is 22.6 Å². The third-order valence-electron chi connectivity index (χ3n) is 5.36. The van der Waals surface area contributed by atoms with Crippen molar-refractivity contribution in [2.75, 3.05) is 44.3 Å². The zero-order chi connectivity index (χ0) is 19.9. The fourth-order valence-corrected chi connectivity index (χ4v) is 4.34. The molecule has 164 valence electrons. The third kappa shape index (κ3) is 6.53. The van der Waals surface area contributed by atoms with Crippen LogP contribution in [0.3, 0.4) is 0 Å². The van der Waals surface area contributed by atoms with Gasteiger partial charge >= 0.3 is 0 Å². The summed E-state index contributed by atoms with van der Waals surface area (Å²) in [6, 6.07) is 8.43. The Hall–Kier alpha value is -1.43. The minimum atomic E-state index is 0. The SMILES string of the molecule is I.NC(=NCc1cccc(COC2CCOCC2)c1)N1CCN(c2nccs2)CC1. The van der Waals surface area contributed by atoms with Crippen molar-refractivity contribution in [3.05, 3.63) is 47.0 Å². The van der Waals surface area contributed by atoms with Crippen LogP contribution in [0.1, 0.15) is 24.0 Å². The number of rotatable bonds is 6. The lowest BCUT2D eigenvalue weighted by molar-refractivity contribution is -0.0390. The zero-order valence-corrected chi connectivity index (χ0v) is 20.3. The van der Waals surface area contributed by atoms with E-state index in [2.05, 4.69) is 44.0 Å². The number of guanidine groups is 1. The lowest BCUT2D eigenvalue weighted by Crippen LogP contribution is -2.51. The Morgan fingerprint density at radius 2 is 1.97 bits per heavy atom. The molecule has 0 spiro atoms. The molecular weight excluding hydrogens is 513 g/mol. The maximum absolute atomic E-state index is 6.26. The summed E-state index contributed by atoms with van der Waals surface area (Å²) < 4.78 is 11.4. The van der Waals surface area contributed by atoms with Gasteiger partial charge in [-0.25, -0.2) is 9.98 Å². The number of halogens is 1. The fraction of sp³-hybridized carbons (Fsp3) is 0.524. The zero-order valence-electron chi connectivity index (χ0n) is 17.1. The topological polar surface area (TPSA) is 76.2 Å². The Kier molecular flexibility index (Phi) is 9.16. The van der Waals surface area contributed by atoms with E-state index < -0.39 is 0 Å². The molecule has 0 amide bonds. The highest BCUT2D eigenvalue weighted by atomic mass is 127. The van der Waals surface area contributed by atoms with Crippen LogP contribution in [0.15, 0.2) is 40.8 Å². The van der Waals surface area contributed by atoms with E-state index >= 15 is 0 Å². The van der Waals surface area contributed by atoms with Gasteiger partial charge in [-0.15, -0.1) is 35.3 Å². The number of benzene rings is 1. The first-order valence-corrected chi connectivity index (χ1v) is 11.1. The second kappa shape index (κ2) is 11.8. The molecule has 2 aliphatic rings. The van der Waals surface area contributed by atoms with Gasteiger partial charge in [0.2, 0.25) is 0 Å². The van der Waals surface area contributed by atoms with E-state index in [0.717, 1.165) is 62.9 Å². The molecule has 0 atom stereocenters. The Morgan fingerprint density at radius 3 is 2.70 bits per heavy atom. The van der Waals surface area contributed by atoms with Crippen molar-refractivity contribution in [3.8, 4) is 0 Å². The Morgan fingerprint density at radius 1 is 1.20 bits per heavy atom. The minimum absolute atomic E-state index is 0. The summed E-state index contributed by atoms with van der Waals surface area (Å²) in [5, 5.41) is 3.10. The van der Waals surface area contributed by atoms with Gasteiger partial charge in [0.1, 0.15) is 0 Å². The van der Waals surface area contributed by atoms with Crippen LogP contribution < -0.4 is 10.6 Å². The van der Waals surface area contributed by atoms with E-state index in [1.807, 2.05) is 11.6 Å². The maximum Gasteiger partial charge on any atom is 0.191 e. The Labute approximate surface area is 199 Å². The molecule has 7 nitrogen and oxygen atoms in total. The summed E-state index contributed by atoms with van der Waals surface area (Å²) in [6.07, 6.45) is 4.13. The van der Waals surface area contributed by atoms with Gasteiger partial charge in [-0.05, 0) is 24.0 Å². The van der Waals surface area contributed by atoms with E-state index in [4.69, 9.17) is 15.2 Å². The molecule has 3 heterocycles. The molecule has 30 heavy (non-hydrogen) atoms. The molecule has 2 aromatic rings. The number of hydrogen-bond donors (Lipinski definition) is 1. The number of aliphatic imine (C=N–C) groups is 1. The molecule has 0 unspecified atom stereocenters. The number of nitrogens with two attached hydrogens (primary N) is 1. The lowest BCUT2D eigenvalue weighted by atomic mass is 10.1. The van der Waals surface area contributed by atoms with Gasteiger partial charge in [0.05, 0.1) is 19.3 Å². The average molecular weight is 543 g/mol. The molecule has 0 aliphatic carbocycles. The normalized spacial score (nSPS) is 18.3. The summed E-state index contributed by atoms with van der Waals surface area (Å²) in [5.74, 6) is 0.618. The number of ether oxygens (including phenoxy) is 2. The van der Waals surface area contributed by atoms with Crippen LogP contribution in [0.5, 0.6) is 0 Å². The van der Waals surface area contributed by atoms with Crippen LogP contribution in [0.2, 0.25) is 0 Å². The summed E-state index contributed by atoms with van der Waals surface area (Å²) in [5.41, 5.74) is 8.60. The predicted octanol–water partition coefficient (Wildman–Crippen LogP) is 3.09. The van der Waals surface area contributed by atoms with Crippen LogP contribution >= 0.6 is 35.3 Å². The predicted molar refractivity (Wildman–Crippen MR) is 132 cm³/mol. The number of hydrogen-bond acceptors (Lipinski definition) is 6. The molecule has 2 aliphatic heterocycles. The van der Waals surface area contributed by atoms with Gasteiger partial charge in [0, 0.05) is 51.0 Å². The molecule has 4 rings (SSSR count). The van der Waals surface area contributed by atoms with Gasteiger partial charge in [0.25, 0.3) is 0 Å². The van der Waals surface area contributed by atoms with E-state index in [1.54, 1.807) is 11.3 Å². The second-order valence-electron chi connectivity index (χ2n) is 7.41. The number of anilines is 1. The summed E-state index contributed by atoms with van der Waals surface area (Å²) >= 11 is 1.68. The van der Waals surface area contributed by atoms with E-state index in [9.17, 15) is 0 Å². The van der Waals surface area contributed by atoms with E-state index in [-0.39, 0.29) is 24.0 Å². The molecule has 2 fully saturated rings. The van der Waals surface area contributed by atoms with Gasteiger partial charge in [0.15, 0.2) is 11.1 Å². The summed E-state index contributed by atoms with van der Waals surface area (Å²) in [4.78, 5) is 13.5. The van der Waals surface area contributed by atoms with Crippen molar-refractivity contribution in [3.63, 3.8) is 0 Å². The molecule has 0 bridgehead atoms. The first-order valence-electron chi connectivity index (χ1n) is 10.2.